The number of allylic oxidation sites excluding steroid dienone is 2. The smallest absolute Gasteiger partial charge is 0.308 e. The average molecular weight is 328 g/mol. The van der Waals surface area contributed by atoms with Crippen LogP contribution in [0.15, 0.2) is 11.1 Å². The summed E-state index contributed by atoms with van der Waals surface area (Å²) in [5.41, 5.74) is -0.335. The number of rotatable bonds is 8. The van der Waals surface area contributed by atoms with E-state index < -0.39 is 25.5 Å². The number of alkyl halides is 3. The van der Waals surface area contributed by atoms with Gasteiger partial charge in [-0.3, -0.25) is 4.57 Å². The summed E-state index contributed by atoms with van der Waals surface area (Å²) in [6.45, 7) is 3.90. The molecule has 0 atom stereocenters. The van der Waals surface area contributed by atoms with Crippen LogP contribution in [0.1, 0.15) is 52.4 Å². The van der Waals surface area contributed by atoms with E-state index in [1.165, 1.54) is 0 Å². The van der Waals surface area contributed by atoms with Gasteiger partial charge < -0.3 is 9.05 Å². The highest BCUT2D eigenvalue weighted by molar-refractivity contribution is 7.54. The Hall–Kier alpha value is -0.320. The molecule has 1 aliphatic carbocycles. The van der Waals surface area contributed by atoms with Crippen LogP contribution < -0.4 is 0 Å². The minimum atomic E-state index is -4.47. The van der Waals surface area contributed by atoms with E-state index in [4.69, 9.17) is 9.05 Å². The number of hydrogen-bond acceptors (Lipinski definition) is 3. The van der Waals surface area contributed by atoms with Gasteiger partial charge in [-0.1, -0.05) is 19.4 Å². The van der Waals surface area contributed by atoms with Gasteiger partial charge in [-0.25, -0.2) is 0 Å². The molecule has 1 fully saturated rings. The second-order valence-corrected chi connectivity index (χ2v) is 7.28. The molecule has 7 heteroatoms. The van der Waals surface area contributed by atoms with Crippen LogP contribution in [0.25, 0.3) is 0 Å². The van der Waals surface area contributed by atoms with Crippen LogP contribution in [0.4, 0.5) is 13.2 Å². The van der Waals surface area contributed by atoms with Crippen LogP contribution in [0.5, 0.6) is 0 Å². The van der Waals surface area contributed by atoms with Gasteiger partial charge in [0.05, 0.1) is 19.4 Å². The van der Waals surface area contributed by atoms with Gasteiger partial charge in [0.1, 0.15) is 0 Å². The first-order valence-electron chi connectivity index (χ1n) is 7.48. The van der Waals surface area contributed by atoms with Crippen molar-refractivity contribution in [1.82, 2.24) is 0 Å². The van der Waals surface area contributed by atoms with Crippen molar-refractivity contribution in [2.75, 3.05) is 19.4 Å². The molecule has 0 unspecified atom stereocenters. The van der Waals surface area contributed by atoms with E-state index in [0.717, 1.165) is 12.8 Å². The van der Waals surface area contributed by atoms with Gasteiger partial charge in [0.15, 0.2) is 0 Å². The number of hydrogen-bond donors (Lipinski definition) is 0. The van der Waals surface area contributed by atoms with Crippen LogP contribution >= 0.6 is 7.60 Å². The normalized spacial score (nSPS) is 16.5. The van der Waals surface area contributed by atoms with Gasteiger partial charge in [0, 0.05) is 5.57 Å². The lowest BCUT2D eigenvalue weighted by molar-refractivity contribution is -0.0924. The molecular formula is C14H24F3O3P. The van der Waals surface area contributed by atoms with Crippen LogP contribution in [-0.4, -0.2) is 25.6 Å². The summed E-state index contributed by atoms with van der Waals surface area (Å²) in [4.78, 5) is 0. The lowest BCUT2D eigenvalue weighted by Gasteiger charge is -2.22. The third-order valence-corrected chi connectivity index (χ3v) is 5.17. The quantitative estimate of drug-likeness (QED) is 0.438. The molecular weight excluding hydrogens is 304 g/mol. The predicted octanol–water partition coefficient (Wildman–Crippen LogP) is 5.47. The van der Waals surface area contributed by atoms with E-state index in [-0.39, 0.29) is 13.2 Å². The molecule has 1 saturated carbocycles. The molecule has 0 aromatic rings. The average Bonchev–Trinajstić information content (AvgIpc) is 2.93. The molecule has 0 bridgehead atoms. The largest absolute Gasteiger partial charge is 0.413 e. The molecule has 21 heavy (non-hydrogen) atoms. The van der Waals surface area contributed by atoms with Crippen LogP contribution in [0, 0.1) is 0 Å². The van der Waals surface area contributed by atoms with Crippen molar-refractivity contribution in [2.45, 2.75) is 58.5 Å². The SMILES string of the molecule is CCCOP(=O)(CC(=C1CCCC1)C(F)(F)F)OCCC. The molecule has 0 amide bonds. The summed E-state index contributed by atoms with van der Waals surface area (Å²) < 4.78 is 62.7. The lowest BCUT2D eigenvalue weighted by atomic mass is 10.1. The van der Waals surface area contributed by atoms with Crippen LogP contribution in [-0.2, 0) is 13.6 Å². The van der Waals surface area contributed by atoms with E-state index in [1.807, 2.05) is 13.8 Å². The summed E-state index contributed by atoms with van der Waals surface area (Å²) >= 11 is 0. The Morgan fingerprint density at radius 1 is 1.10 bits per heavy atom. The second kappa shape index (κ2) is 8.35. The first kappa shape index (κ1) is 18.7. The summed E-state index contributed by atoms with van der Waals surface area (Å²) in [5, 5.41) is 0. The Morgan fingerprint density at radius 2 is 1.57 bits per heavy atom. The molecule has 0 aromatic carbocycles. The molecule has 0 N–H and O–H groups in total. The third kappa shape index (κ3) is 6.13. The van der Waals surface area contributed by atoms with Crippen molar-refractivity contribution in [3.63, 3.8) is 0 Å². The van der Waals surface area contributed by atoms with Crippen molar-refractivity contribution in [3.8, 4) is 0 Å². The molecule has 0 saturated heterocycles. The Kier molecular flexibility index (Phi) is 7.45. The zero-order valence-electron chi connectivity index (χ0n) is 12.7. The predicted molar refractivity (Wildman–Crippen MR) is 76.5 cm³/mol. The second-order valence-electron chi connectivity index (χ2n) is 5.22. The van der Waals surface area contributed by atoms with Crippen molar-refractivity contribution in [1.29, 1.82) is 0 Å². The van der Waals surface area contributed by atoms with Crippen molar-refractivity contribution >= 4 is 7.60 Å². The van der Waals surface area contributed by atoms with Gasteiger partial charge in [0.25, 0.3) is 0 Å². The standard InChI is InChI=1S/C14H24F3O3P/c1-3-9-19-21(18,20-10-4-2)11-13(14(15,16)17)12-7-5-6-8-12/h3-11H2,1-2H3. The Labute approximate surface area is 124 Å². The molecule has 1 aliphatic rings. The highest BCUT2D eigenvalue weighted by atomic mass is 31.2. The monoisotopic (exact) mass is 328 g/mol. The Bertz CT molecular complexity index is 385. The highest BCUT2D eigenvalue weighted by Crippen LogP contribution is 2.53. The zero-order chi connectivity index (χ0) is 15.9. The molecule has 0 aliphatic heterocycles. The van der Waals surface area contributed by atoms with Crippen molar-refractivity contribution in [2.24, 2.45) is 0 Å². The van der Waals surface area contributed by atoms with E-state index in [0.29, 0.717) is 31.3 Å². The van der Waals surface area contributed by atoms with E-state index in [2.05, 4.69) is 0 Å². The fraction of sp³-hybridized carbons (Fsp3) is 0.857. The molecule has 0 spiro atoms. The van der Waals surface area contributed by atoms with E-state index in [1.54, 1.807) is 0 Å². The van der Waals surface area contributed by atoms with Gasteiger partial charge in [-0.15, -0.1) is 0 Å². The Balaban J connectivity index is 2.96. The molecule has 3 nitrogen and oxygen atoms in total. The van der Waals surface area contributed by atoms with Crippen LogP contribution in [0.3, 0.4) is 0 Å². The lowest BCUT2D eigenvalue weighted by Crippen LogP contribution is -2.19. The van der Waals surface area contributed by atoms with Gasteiger partial charge >= 0.3 is 13.8 Å². The van der Waals surface area contributed by atoms with Gasteiger partial charge in [0.2, 0.25) is 0 Å². The van der Waals surface area contributed by atoms with Gasteiger partial charge in [-0.05, 0) is 38.5 Å². The van der Waals surface area contributed by atoms with Crippen molar-refractivity contribution < 1.29 is 26.8 Å². The fourth-order valence-corrected chi connectivity index (χ4v) is 4.26. The molecule has 0 heterocycles. The van der Waals surface area contributed by atoms with Gasteiger partial charge in [-0.2, -0.15) is 13.2 Å². The minimum Gasteiger partial charge on any atom is -0.308 e. The molecule has 1 rings (SSSR count). The fourth-order valence-electron chi connectivity index (χ4n) is 2.29. The van der Waals surface area contributed by atoms with E-state index in [9.17, 15) is 17.7 Å². The summed E-state index contributed by atoms with van der Waals surface area (Å²) in [6, 6.07) is 0. The highest BCUT2D eigenvalue weighted by Gasteiger charge is 2.42. The van der Waals surface area contributed by atoms with Crippen molar-refractivity contribution in [3.05, 3.63) is 11.1 Å². The first-order chi connectivity index (χ1) is 9.82. The van der Waals surface area contributed by atoms with Crippen LogP contribution in [0.2, 0.25) is 0 Å². The molecule has 0 radical (unpaired) electrons. The summed E-state index contributed by atoms with van der Waals surface area (Å²) in [5.74, 6) is 0. The third-order valence-electron chi connectivity index (χ3n) is 3.31. The molecule has 0 aromatic heterocycles. The topological polar surface area (TPSA) is 35.5 Å². The zero-order valence-corrected chi connectivity index (χ0v) is 13.6. The maximum absolute atomic E-state index is 13.3. The minimum absolute atomic E-state index is 0.140. The number of halogens is 3. The maximum Gasteiger partial charge on any atom is 0.413 e. The molecule has 124 valence electrons. The maximum atomic E-state index is 13.3. The summed E-state index contributed by atoms with van der Waals surface area (Å²) in [7, 11) is -3.74. The van der Waals surface area contributed by atoms with E-state index >= 15 is 0 Å². The summed E-state index contributed by atoms with van der Waals surface area (Å²) in [6.07, 6.45) is -1.61. The first-order valence-corrected chi connectivity index (χ1v) is 9.21. The Morgan fingerprint density at radius 3 is 1.95 bits per heavy atom.